The molecule has 0 bridgehead atoms. The Morgan fingerprint density at radius 2 is 1.79 bits per heavy atom. The lowest BCUT2D eigenvalue weighted by Crippen LogP contribution is -2.33. The van der Waals surface area contributed by atoms with Gasteiger partial charge in [0.1, 0.15) is 6.04 Å². The van der Waals surface area contributed by atoms with E-state index in [2.05, 4.69) is 29.2 Å². The van der Waals surface area contributed by atoms with Crippen molar-refractivity contribution in [2.24, 2.45) is 0 Å². The van der Waals surface area contributed by atoms with Crippen LogP contribution >= 0.6 is 0 Å². The Kier molecular flexibility index (Phi) is 5.73. The van der Waals surface area contributed by atoms with Gasteiger partial charge in [-0.3, -0.25) is 9.59 Å². The summed E-state index contributed by atoms with van der Waals surface area (Å²) in [7, 11) is 0. The summed E-state index contributed by atoms with van der Waals surface area (Å²) in [6.07, 6.45) is 0. The van der Waals surface area contributed by atoms with Crippen LogP contribution < -0.4 is 15.8 Å². The SMILES string of the molecule is CCN(CC)c1ccc(NC(=O)C(C)n2nc(C)ccc2=O)cc1. The number of carbonyl (C=O) groups excluding carboxylic acids is 1. The van der Waals surface area contributed by atoms with Gasteiger partial charge in [0.15, 0.2) is 0 Å². The Balaban J connectivity index is 2.11. The Hall–Kier alpha value is -2.63. The van der Waals surface area contributed by atoms with Crippen molar-refractivity contribution < 1.29 is 4.79 Å². The van der Waals surface area contributed by atoms with Gasteiger partial charge in [0.25, 0.3) is 5.56 Å². The van der Waals surface area contributed by atoms with Crippen LogP contribution in [0.5, 0.6) is 0 Å². The number of nitrogens with one attached hydrogen (secondary N) is 1. The van der Waals surface area contributed by atoms with Crippen molar-refractivity contribution in [1.82, 2.24) is 9.78 Å². The van der Waals surface area contributed by atoms with Crippen molar-refractivity contribution in [2.75, 3.05) is 23.3 Å². The quantitative estimate of drug-likeness (QED) is 0.885. The van der Waals surface area contributed by atoms with Gasteiger partial charge in [-0.2, -0.15) is 5.10 Å². The maximum Gasteiger partial charge on any atom is 0.267 e. The normalized spacial score (nSPS) is 11.8. The number of hydrogen-bond acceptors (Lipinski definition) is 4. The summed E-state index contributed by atoms with van der Waals surface area (Å²) in [6.45, 7) is 9.52. The molecule has 0 aliphatic rings. The van der Waals surface area contributed by atoms with E-state index >= 15 is 0 Å². The van der Waals surface area contributed by atoms with E-state index in [4.69, 9.17) is 0 Å². The molecule has 1 atom stereocenters. The van der Waals surface area contributed by atoms with Gasteiger partial charge in [-0.25, -0.2) is 4.68 Å². The predicted molar refractivity (Wildman–Crippen MR) is 96.6 cm³/mol. The first-order valence-corrected chi connectivity index (χ1v) is 8.18. The molecule has 6 nitrogen and oxygen atoms in total. The van der Waals surface area contributed by atoms with Gasteiger partial charge in [-0.05, 0) is 58.0 Å². The number of aryl methyl sites for hydroxylation is 1. The van der Waals surface area contributed by atoms with E-state index in [9.17, 15) is 9.59 Å². The predicted octanol–water partition coefficient (Wildman–Crippen LogP) is 2.60. The molecule has 1 aromatic heterocycles. The molecule has 1 aromatic carbocycles. The molecule has 0 saturated carbocycles. The van der Waals surface area contributed by atoms with Crippen molar-refractivity contribution >= 4 is 17.3 Å². The van der Waals surface area contributed by atoms with E-state index in [1.165, 1.54) is 10.7 Å². The Bertz CT molecular complexity index is 748. The number of benzene rings is 1. The van der Waals surface area contributed by atoms with Crippen LogP contribution in [0.1, 0.15) is 32.5 Å². The van der Waals surface area contributed by atoms with Gasteiger partial charge < -0.3 is 10.2 Å². The maximum atomic E-state index is 12.4. The highest BCUT2D eigenvalue weighted by Gasteiger charge is 2.17. The van der Waals surface area contributed by atoms with Crippen molar-refractivity contribution in [2.45, 2.75) is 33.7 Å². The fourth-order valence-electron chi connectivity index (χ4n) is 2.50. The van der Waals surface area contributed by atoms with Crippen LogP contribution in [0, 0.1) is 6.92 Å². The molecule has 1 unspecified atom stereocenters. The second-order valence-electron chi connectivity index (χ2n) is 5.64. The molecule has 2 rings (SSSR count). The molecule has 0 spiro atoms. The molecular weight excluding hydrogens is 304 g/mol. The summed E-state index contributed by atoms with van der Waals surface area (Å²) in [5.41, 5.74) is 2.21. The number of aromatic nitrogens is 2. The van der Waals surface area contributed by atoms with Gasteiger partial charge in [-0.15, -0.1) is 0 Å². The van der Waals surface area contributed by atoms with Crippen LogP contribution in [0.2, 0.25) is 0 Å². The lowest BCUT2D eigenvalue weighted by atomic mass is 10.2. The first kappa shape index (κ1) is 17.7. The van der Waals surface area contributed by atoms with Crippen molar-refractivity contribution in [3.8, 4) is 0 Å². The molecule has 0 fully saturated rings. The molecule has 128 valence electrons. The second kappa shape index (κ2) is 7.77. The third-order valence-electron chi connectivity index (χ3n) is 3.97. The molecule has 24 heavy (non-hydrogen) atoms. The zero-order valence-corrected chi connectivity index (χ0v) is 14.6. The molecule has 0 saturated heterocycles. The number of amides is 1. The fourth-order valence-corrected chi connectivity index (χ4v) is 2.50. The zero-order valence-electron chi connectivity index (χ0n) is 14.6. The van der Waals surface area contributed by atoms with E-state index in [0.29, 0.717) is 11.4 Å². The van der Waals surface area contributed by atoms with Crippen LogP contribution in [0.3, 0.4) is 0 Å². The highest BCUT2D eigenvalue weighted by atomic mass is 16.2. The van der Waals surface area contributed by atoms with Crippen LogP contribution in [-0.4, -0.2) is 28.8 Å². The lowest BCUT2D eigenvalue weighted by molar-refractivity contribution is -0.119. The molecule has 0 aliphatic heterocycles. The highest BCUT2D eigenvalue weighted by Crippen LogP contribution is 2.18. The first-order valence-electron chi connectivity index (χ1n) is 8.18. The van der Waals surface area contributed by atoms with Crippen LogP contribution in [-0.2, 0) is 4.79 Å². The van der Waals surface area contributed by atoms with Gasteiger partial charge in [0.2, 0.25) is 5.91 Å². The van der Waals surface area contributed by atoms with E-state index < -0.39 is 6.04 Å². The number of carbonyl (C=O) groups is 1. The Morgan fingerprint density at radius 1 is 1.17 bits per heavy atom. The number of anilines is 2. The summed E-state index contributed by atoms with van der Waals surface area (Å²) < 4.78 is 1.20. The third kappa shape index (κ3) is 4.01. The van der Waals surface area contributed by atoms with E-state index in [0.717, 1.165) is 18.8 Å². The summed E-state index contributed by atoms with van der Waals surface area (Å²) in [6, 6.07) is 10.1. The average Bonchev–Trinajstić information content (AvgIpc) is 2.59. The summed E-state index contributed by atoms with van der Waals surface area (Å²) in [5.74, 6) is -0.272. The van der Waals surface area contributed by atoms with Crippen LogP contribution in [0.15, 0.2) is 41.2 Å². The van der Waals surface area contributed by atoms with E-state index in [-0.39, 0.29) is 11.5 Å². The number of hydrogen-bond donors (Lipinski definition) is 1. The van der Waals surface area contributed by atoms with Crippen LogP contribution in [0.4, 0.5) is 11.4 Å². The summed E-state index contributed by atoms with van der Waals surface area (Å²) >= 11 is 0. The van der Waals surface area contributed by atoms with Crippen molar-refractivity contribution in [1.29, 1.82) is 0 Å². The molecule has 0 aliphatic carbocycles. The second-order valence-corrected chi connectivity index (χ2v) is 5.64. The molecule has 2 aromatic rings. The molecular formula is C18H24N4O2. The van der Waals surface area contributed by atoms with E-state index in [1.807, 2.05) is 24.3 Å². The maximum absolute atomic E-state index is 12.4. The molecule has 1 amide bonds. The van der Waals surface area contributed by atoms with Crippen molar-refractivity contribution in [3.63, 3.8) is 0 Å². The van der Waals surface area contributed by atoms with E-state index in [1.54, 1.807) is 19.9 Å². The standard InChI is InChI=1S/C18H24N4O2/c1-5-21(6-2)16-10-8-15(9-11-16)19-18(24)14(4)22-17(23)12-7-13(3)20-22/h7-12,14H,5-6H2,1-4H3,(H,19,24). The first-order chi connectivity index (χ1) is 11.5. The molecule has 1 N–H and O–H groups in total. The average molecular weight is 328 g/mol. The smallest absolute Gasteiger partial charge is 0.267 e. The highest BCUT2D eigenvalue weighted by molar-refractivity contribution is 5.93. The number of rotatable bonds is 6. The van der Waals surface area contributed by atoms with Gasteiger partial charge in [-0.1, -0.05) is 0 Å². The topological polar surface area (TPSA) is 67.2 Å². The Labute approximate surface area is 142 Å². The minimum Gasteiger partial charge on any atom is -0.372 e. The van der Waals surface area contributed by atoms with Crippen LogP contribution in [0.25, 0.3) is 0 Å². The largest absolute Gasteiger partial charge is 0.372 e. The minimum atomic E-state index is -0.681. The van der Waals surface area contributed by atoms with Gasteiger partial charge in [0, 0.05) is 30.5 Å². The number of nitrogens with zero attached hydrogens (tertiary/aromatic N) is 3. The monoisotopic (exact) mass is 328 g/mol. The van der Waals surface area contributed by atoms with Gasteiger partial charge in [0.05, 0.1) is 5.69 Å². The fraction of sp³-hybridized carbons (Fsp3) is 0.389. The van der Waals surface area contributed by atoms with Gasteiger partial charge >= 0.3 is 0 Å². The molecule has 6 heteroatoms. The van der Waals surface area contributed by atoms with Crippen molar-refractivity contribution in [3.05, 3.63) is 52.4 Å². The Morgan fingerprint density at radius 3 is 2.38 bits per heavy atom. The molecule has 0 radical (unpaired) electrons. The summed E-state index contributed by atoms with van der Waals surface area (Å²) in [5, 5.41) is 6.96. The lowest BCUT2D eigenvalue weighted by Gasteiger charge is -2.21. The third-order valence-corrected chi connectivity index (χ3v) is 3.97. The molecule has 1 heterocycles. The zero-order chi connectivity index (χ0) is 17.7. The minimum absolute atomic E-state index is 0.272. The summed E-state index contributed by atoms with van der Waals surface area (Å²) in [4.78, 5) is 26.5.